The van der Waals surface area contributed by atoms with E-state index >= 15 is 0 Å². The highest BCUT2D eigenvalue weighted by atomic mass is 79.9. The van der Waals surface area contributed by atoms with Crippen LogP contribution in [0, 0.1) is 0 Å². The monoisotopic (exact) mass is 514 g/mol. The van der Waals surface area contributed by atoms with Crippen LogP contribution in [0.5, 0.6) is 0 Å². The van der Waals surface area contributed by atoms with Crippen LogP contribution in [0.15, 0.2) is 58.2 Å². The van der Waals surface area contributed by atoms with Crippen LogP contribution in [-0.4, -0.2) is 32.5 Å². The van der Waals surface area contributed by atoms with Crippen molar-refractivity contribution in [2.45, 2.75) is 64.1 Å². The van der Waals surface area contributed by atoms with Gasteiger partial charge in [0.25, 0.3) is 0 Å². The lowest BCUT2D eigenvalue weighted by atomic mass is 9.87. The first-order chi connectivity index (χ1) is 15.2. The molecule has 0 aliphatic rings. The van der Waals surface area contributed by atoms with Gasteiger partial charge in [-0.15, -0.1) is 10.2 Å². The second-order valence-electron chi connectivity index (χ2n) is 8.99. The van der Waals surface area contributed by atoms with Crippen LogP contribution in [0.1, 0.15) is 53.0 Å². The van der Waals surface area contributed by atoms with Gasteiger partial charge in [-0.25, -0.2) is 0 Å². The molecule has 1 heterocycles. The zero-order valence-corrected chi connectivity index (χ0v) is 21.8. The van der Waals surface area contributed by atoms with Gasteiger partial charge >= 0.3 is 0 Å². The van der Waals surface area contributed by atoms with Gasteiger partial charge in [0, 0.05) is 21.8 Å². The molecule has 1 atom stereocenters. The summed E-state index contributed by atoms with van der Waals surface area (Å²) in [4.78, 5) is 12.4. The van der Waals surface area contributed by atoms with E-state index in [2.05, 4.69) is 83.4 Å². The molecule has 0 aliphatic carbocycles. The van der Waals surface area contributed by atoms with E-state index in [1.54, 1.807) is 0 Å². The fraction of sp³-hybridized carbons (Fsp3) is 0.400. The maximum atomic E-state index is 12.4. The van der Waals surface area contributed by atoms with Crippen molar-refractivity contribution < 1.29 is 4.79 Å². The molecular weight excluding hydrogens is 484 g/mol. The molecule has 0 bridgehead atoms. The molecule has 0 spiro atoms. The number of carbonyl (C=O) groups excluding carboxylic acids is 1. The van der Waals surface area contributed by atoms with Crippen molar-refractivity contribution in [1.82, 2.24) is 20.1 Å². The molecule has 3 aromatic rings. The lowest BCUT2D eigenvalue weighted by Crippen LogP contribution is -2.33. The molecule has 1 unspecified atom stereocenters. The summed E-state index contributed by atoms with van der Waals surface area (Å²) in [6.45, 7) is 10.8. The molecule has 0 radical (unpaired) electrons. The van der Waals surface area contributed by atoms with Crippen LogP contribution >= 0.6 is 27.7 Å². The zero-order valence-electron chi connectivity index (χ0n) is 19.4. The van der Waals surface area contributed by atoms with E-state index in [0.717, 1.165) is 34.4 Å². The van der Waals surface area contributed by atoms with Crippen molar-refractivity contribution in [3.63, 3.8) is 0 Å². The topological polar surface area (TPSA) is 59.8 Å². The molecule has 2 aromatic carbocycles. The highest BCUT2D eigenvalue weighted by Gasteiger charge is 2.19. The Kier molecular flexibility index (Phi) is 8.17. The van der Waals surface area contributed by atoms with Crippen molar-refractivity contribution in [1.29, 1.82) is 0 Å². The molecular formula is C25H31BrN4OS. The Balaban J connectivity index is 1.91. The average Bonchev–Trinajstić information content (AvgIpc) is 3.16. The Labute approximate surface area is 203 Å². The summed E-state index contributed by atoms with van der Waals surface area (Å²) in [5, 5.41) is 12.7. The number of nitrogens with zero attached hydrogens (tertiary/aromatic N) is 3. The van der Waals surface area contributed by atoms with Crippen LogP contribution < -0.4 is 5.32 Å². The van der Waals surface area contributed by atoms with Crippen LogP contribution in [0.3, 0.4) is 0 Å². The number of halogens is 1. The second kappa shape index (κ2) is 10.7. The predicted octanol–water partition coefficient (Wildman–Crippen LogP) is 6.39. The van der Waals surface area contributed by atoms with Crippen LogP contribution in [0.25, 0.3) is 17.1 Å². The van der Waals surface area contributed by atoms with Gasteiger partial charge in [0.15, 0.2) is 11.0 Å². The summed E-state index contributed by atoms with van der Waals surface area (Å²) in [7, 11) is 0. The molecule has 3 rings (SSSR count). The third-order valence-corrected chi connectivity index (χ3v) is 6.65. The van der Waals surface area contributed by atoms with Gasteiger partial charge in [0.05, 0.1) is 5.75 Å². The lowest BCUT2D eigenvalue weighted by Gasteiger charge is -2.19. The Morgan fingerprint density at radius 1 is 1.09 bits per heavy atom. The number of amides is 1. The van der Waals surface area contributed by atoms with E-state index in [9.17, 15) is 4.79 Å². The van der Waals surface area contributed by atoms with E-state index < -0.39 is 0 Å². The average molecular weight is 516 g/mol. The van der Waals surface area contributed by atoms with Gasteiger partial charge in [-0.05, 0) is 48.6 Å². The molecule has 1 aromatic heterocycles. The number of thioether (sulfide) groups is 1. The SMILES string of the molecule is CCCC(C)NC(=O)CSc1nnc(-c2ccc(C(C)(C)C)cc2)n1-c1ccc(Br)cc1. The summed E-state index contributed by atoms with van der Waals surface area (Å²) in [6, 6.07) is 16.7. The largest absolute Gasteiger partial charge is 0.353 e. The third kappa shape index (κ3) is 6.23. The van der Waals surface area contributed by atoms with Crippen molar-refractivity contribution >= 4 is 33.6 Å². The smallest absolute Gasteiger partial charge is 0.230 e. The molecule has 1 N–H and O–H groups in total. The van der Waals surface area contributed by atoms with Crippen molar-refractivity contribution in [3.8, 4) is 17.1 Å². The molecule has 7 heteroatoms. The molecule has 1 amide bonds. The van der Waals surface area contributed by atoms with Crippen LogP contribution in [0.4, 0.5) is 0 Å². The summed E-state index contributed by atoms with van der Waals surface area (Å²) in [6.07, 6.45) is 2.02. The molecule has 0 saturated heterocycles. The predicted molar refractivity (Wildman–Crippen MR) is 136 cm³/mol. The van der Waals surface area contributed by atoms with Gasteiger partial charge in [-0.2, -0.15) is 0 Å². The van der Waals surface area contributed by atoms with Crippen molar-refractivity contribution in [2.24, 2.45) is 0 Å². The van der Waals surface area contributed by atoms with Crippen LogP contribution in [-0.2, 0) is 10.2 Å². The van der Waals surface area contributed by atoms with Gasteiger partial charge in [0.2, 0.25) is 5.91 Å². The maximum absolute atomic E-state index is 12.4. The van der Waals surface area contributed by atoms with Gasteiger partial charge in [-0.1, -0.05) is 86.1 Å². The fourth-order valence-corrected chi connectivity index (χ4v) is 4.47. The quantitative estimate of drug-likeness (QED) is 0.353. The van der Waals surface area contributed by atoms with Crippen molar-refractivity contribution in [2.75, 3.05) is 5.75 Å². The fourth-order valence-electron chi connectivity index (χ4n) is 3.44. The van der Waals surface area contributed by atoms with E-state index in [1.165, 1.54) is 17.3 Å². The van der Waals surface area contributed by atoms with Gasteiger partial charge in [0.1, 0.15) is 0 Å². The second-order valence-corrected chi connectivity index (χ2v) is 10.8. The minimum Gasteiger partial charge on any atom is -0.353 e. The highest BCUT2D eigenvalue weighted by molar-refractivity contribution is 9.10. The number of aromatic nitrogens is 3. The first-order valence-electron chi connectivity index (χ1n) is 10.9. The molecule has 0 saturated carbocycles. The summed E-state index contributed by atoms with van der Waals surface area (Å²) in [5.41, 5.74) is 3.29. The summed E-state index contributed by atoms with van der Waals surface area (Å²) in [5.74, 6) is 1.07. The van der Waals surface area contributed by atoms with E-state index in [0.29, 0.717) is 10.9 Å². The van der Waals surface area contributed by atoms with Gasteiger partial charge in [-0.3, -0.25) is 9.36 Å². The number of rotatable bonds is 8. The third-order valence-electron chi connectivity index (χ3n) is 5.19. The lowest BCUT2D eigenvalue weighted by molar-refractivity contribution is -0.119. The molecule has 32 heavy (non-hydrogen) atoms. The molecule has 0 aliphatic heterocycles. The highest BCUT2D eigenvalue weighted by Crippen LogP contribution is 2.30. The van der Waals surface area contributed by atoms with Gasteiger partial charge < -0.3 is 5.32 Å². The number of benzene rings is 2. The number of hydrogen-bond acceptors (Lipinski definition) is 4. The standard InChI is InChI=1S/C25H31BrN4OS/c1-6-7-17(2)27-22(31)16-32-24-29-28-23(30(24)21-14-12-20(26)13-15-21)18-8-10-19(11-9-18)25(3,4)5/h8-15,17H,6-7,16H2,1-5H3,(H,27,31). The maximum Gasteiger partial charge on any atom is 0.230 e. The summed E-state index contributed by atoms with van der Waals surface area (Å²) < 4.78 is 3.02. The first kappa shape index (κ1) is 24.5. The van der Waals surface area contributed by atoms with Crippen LogP contribution in [0.2, 0.25) is 0 Å². The molecule has 0 fully saturated rings. The molecule has 5 nitrogen and oxygen atoms in total. The number of carbonyl (C=O) groups is 1. The Morgan fingerprint density at radius 2 is 1.75 bits per heavy atom. The van der Waals surface area contributed by atoms with Crippen molar-refractivity contribution in [3.05, 3.63) is 58.6 Å². The first-order valence-corrected chi connectivity index (χ1v) is 12.7. The van der Waals surface area contributed by atoms with E-state index in [1.807, 2.05) is 35.8 Å². The normalized spacial score (nSPS) is 12.6. The minimum atomic E-state index is 0.0115. The Morgan fingerprint density at radius 3 is 2.34 bits per heavy atom. The zero-order chi connectivity index (χ0) is 23.3. The minimum absolute atomic E-state index is 0.0115. The Hall–Kier alpha value is -2.12. The van der Waals surface area contributed by atoms with E-state index in [4.69, 9.17) is 0 Å². The number of nitrogens with one attached hydrogen (secondary N) is 1. The van der Waals surface area contributed by atoms with E-state index in [-0.39, 0.29) is 17.4 Å². The Bertz CT molecular complexity index is 1040. The molecule has 170 valence electrons. The summed E-state index contributed by atoms with van der Waals surface area (Å²) >= 11 is 4.91. The number of hydrogen-bond donors (Lipinski definition) is 1.